The number of rotatable bonds is 7. The topological polar surface area (TPSA) is 54.5 Å². The minimum Gasteiger partial charge on any atom is -0.491 e. The Balaban J connectivity index is 1.63. The van der Waals surface area contributed by atoms with Crippen LogP contribution in [0.3, 0.4) is 0 Å². The predicted octanol–water partition coefficient (Wildman–Crippen LogP) is 4.98. The lowest BCUT2D eigenvalue weighted by molar-refractivity contribution is -0.129. The molecule has 0 bridgehead atoms. The van der Waals surface area contributed by atoms with Crippen molar-refractivity contribution in [3.8, 4) is 5.75 Å². The van der Waals surface area contributed by atoms with Crippen LogP contribution in [0.4, 0.5) is 0 Å². The average Bonchev–Trinajstić information content (AvgIpc) is 2.72. The summed E-state index contributed by atoms with van der Waals surface area (Å²) in [5, 5.41) is 3.30. The number of benzene rings is 1. The van der Waals surface area contributed by atoms with Crippen molar-refractivity contribution in [2.75, 3.05) is 13.1 Å². The molecule has 31 heavy (non-hydrogen) atoms. The number of carbonyl (C=O) groups excluding carboxylic acids is 1. The zero-order chi connectivity index (χ0) is 22.4. The number of nitrogens with zero attached hydrogens (tertiary/aromatic N) is 2. The molecular formula is C26H37N3O2. The van der Waals surface area contributed by atoms with Gasteiger partial charge in [-0.25, -0.2) is 0 Å². The van der Waals surface area contributed by atoms with Gasteiger partial charge in [-0.2, -0.15) is 0 Å². The third kappa shape index (κ3) is 6.79. The van der Waals surface area contributed by atoms with Crippen LogP contribution in [-0.2, 0) is 11.3 Å². The lowest BCUT2D eigenvalue weighted by Crippen LogP contribution is -2.44. The van der Waals surface area contributed by atoms with Gasteiger partial charge in [0.25, 0.3) is 0 Å². The van der Waals surface area contributed by atoms with E-state index in [9.17, 15) is 4.79 Å². The first-order valence-corrected chi connectivity index (χ1v) is 11.4. The fourth-order valence-electron chi connectivity index (χ4n) is 4.04. The quantitative estimate of drug-likeness (QED) is 0.682. The number of nitrogens with one attached hydrogen (secondary N) is 1. The van der Waals surface area contributed by atoms with E-state index in [-0.39, 0.29) is 18.1 Å². The highest BCUT2D eigenvalue weighted by Gasteiger charge is 2.32. The molecule has 1 aromatic heterocycles. The van der Waals surface area contributed by atoms with Crippen LogP contribution in [0.2, 0.25) is 0 Å². The van der Waals surface area contributed by atoms with E-state index in [1.807, 2.05) is 65.1 Å². The molecule has 0 radical (unpaired) electrons. The molecule has 0 saturated carbocycles. The molecule has 1 fully saturated rings. The molecule has 5 heteroatoms. The summed E-state index contributed by atoms with van der Waals surface area (Å²) in [5.74, 6) is 1.39. The second-order valence-corrected chi connectivity index (χ2v) is 9.88. The first kappa shape index (κ1) is 23.3. The van der Waals surface area contributed by atoms with Crippen LogP contribution in [0, 0.1) is 11.3 Å². The van der Waals surface area contributed by atoms with Crippen molar-refractivity contribution >= 4 is 5.91 Å². The van der Waals surface area contributed by atoms with Gasteiger partial charge in [0.05, 0.1) is 17.8 Å². The van der Waals surface area contributed by atoms with Crippen molar-refractivity contribution in [3.05, 3.63) is 59.9 Å². The minimum atomic E-state index is -0.420. The zero-order valence-electron chi connectivity index (χ0n) is 19.6. The van der Waals surface area contributed by atoms with Gasteiger partial charge in [-0.1, -0.05) is 39.0 Å². The molecule has 3 rings (SSSR count). The maximum Gasteiger partial charge on any atom is 0.225 e. The van der Waals surface area contributed by atoms with E-state index in [1.54, 1.807) is 0 Å². The molecule has 2 aromatic rings. The fourth-order valence-corrected chi connectivity index (χ4v) is 4.04. The summed E-state index contributed by atoms with van der Waals surface area (Å²) in [6.07, 6.45) is 4.06. The number of piperidine rings is 1. The molecule has 1 amide bonds. The van der Waals surface area contributed by atoms with Crippen molar-refractivity contribution in [3.63, 3.8) is 0 Å². The number of carbonyl (C=O) groups is 1. The molecule has 1 aliphatic rings. The summed E-state index contributed by atoms with van der Waals surface area (Å²) in [6.45, 7) is 12.9. The van der Waals surface area contributed by atoms with Crippen LogP contribution >= 0.6 is 0 Å². The maximum atomic E-state index is 12.7. The van der Waals surface area contributed by atoms with E-state index >= 15 is 0 Å². The summed E-state index contributed by atoms with van der Waals surface area (Å²) < 4.78 is 5.84. The number of hydrogen-bond donors (Lipinski definition) is 1. The Kier molecular flexibility index (Phi) is 7.71. The summed E-state index contributed by atoms with van der Waals surface area (Å²) >= 11 is 0. The summed E-state index contributed by atoms with van der Waals surface area (Å²) in [4.78, 5) is 19.8. The Morgan fingerprint density at radius 3 is 2.52 bits per heavy atom. The van der Waals surface area contributed by atoms with Crippen molar-refractivity contribution in [1.29, 1.82) is 0 Å². The SMILES string of the molecule is CC(C)Oc1cccc(CN2CCC([C@H](NC(=O)C(C)(C)C)c3ccccn3)CC2)c1. The molecule has 1 aliphatic heterocycles. The van der Waals surface area contributed by atoms with Gasteiger partial charge in [-0.3, -0.25) is 14.7 Å². The summed E-state index contributed by atoms with van der Waals surface area (Å²) in [6, 6.07) is 14.3. The van der Waals surface area contributed by atoms with Gasteiger partial charge < -0.3 is 10.1 Å². The van der Waals surface area contributed by atoms with Crippen LogP contribution < -0.4 is 10.1 Å². The standard InChI is InChI=1S/C26H37N3O2/c1-19(2)31-22-10-8-9-20(17-22)18-29-15-12-21(13-16-29)24(23-11-6-7-14-27-23)28-25(30)26(3,4)5/h6-11,14,17,19,21,24H,12-13,15-16,18H2,1-5H3,(H,28,30)/t24-/m0/s1. The van der Waals surface area contributed by atoms with Gasteiger partial charge in [0.1, 0.15) is 5.75 Å². The molecule has 2 heterocycles. The normalized spacial score (nSPS) is 16.8. The lowest BCUT2D eigenvalue weighted by Gasteiger charge is -2.37. The molecule has 0 spiro atoms. The van der Waals surface area contributed by atoms with Gasteiger partial charge in [-0.15, -0.1) is 0 Å². The largest absolute Gasteiger partial charge is 0.491 e. The number of pyridine rings is 1. The molecule has 1 atom stereocenters. The van der Waals surface area contributed by atoms with Gasteiger partial charge in [0.2, 0.25) is 5.91 Å². The highest BCUT2D eigenvalue weighted by Crippen LogP contribution is 2.32. The Morgan fingerprint density at radius 1 is 1.16 bits per heavy atom. The van der Waals surface area contributed by atoms with Gasteiger partial charge in [0, 0.05) is 18.2 Å². The molecule has 1 N–H and O–H groups in total. The third-order valence-electron chi connectivity index (χ3n) is 5.75. The smallest absolute Gasteiger partial charge is 0.225 e. The van der Waals surface area contributed by atoms with Crippen LogP contribution in [0.1, 0.15) is 64.8 Å². The third-order valence-corrected chi connectivity index (χ3v) is 5.75. The number of aromatic nitrogens is 1. The second kappa shape index (κ2) is 10.3. The molecule has 1 aromatic carbocycles. The van der Waals surface area contributed by atoms with E-state index in [2.05, 4.69) is 33.4 Å². The van der Waals surface area contributed by atoms with Crippen molar-refractivity contribution in [1.82, 2.24) is 15.2 Å². The first-order chi connectivity index (χ1) is 14.7. The Hall–Kier alpha value is -2.40. The first-order valence-electron chi connectivity index (χ1n) is 11.4. The van der Waals surface area contributed by atoms with Crippen molar-refractivity contribution in [2.24, 2.45) is 11.3 Å². The summed E-state index contributed by atoms with van der Waals surface area (Å²) in [5.41, 5.74) is 1.81. The number of ether oxygens (including phenoxy) is 1. The second-order valence-electron chi connectivity index (χ2n) is 9.88. The van der Waals surface area contributed by atoms with E-state index in [4.69, 9.17) is 4.74 Å². The summed E-state index contributed by atoms with van der Waals surface area (Å²) in [7, 11) is 0. The number of likely N-dealkylation sites (tertiary alicyclic amines) is 1. The van der Waals surface area contributed by atoms with Crippen molar-refractivity contribution in [2.45, 2.75) is 66.2 Å². The van der Waals surface area contributed by atoms with Crippen LogP contribution in [0.5, 0.6) is 5.75 Å². The number of hydrogen-bond acceptors (Lipinski definition) is 4. The van der Waals surface area contributed by atoms with Gasteiger partial charge >= 0.3 is 0 Å². The average molecular weight is 424 g/mol. The molecule has 168 valence electrons. The number of amides is 1. The van der Waals surface area contributed by atoms with Crippen LogP contribution in [0.15, 0.2) is 48.7 Å². The van der Waals surface area contributed by atoms with Crippen LogP contribution in [-0.4, -0.2) is 35.0 Å². The van der Waals surface area contributed by atoms with Crippen molar-refractivity contribution < 1.29 is 9.53 Å². The highest BCUT2D eigenvalue weighted by atomic mass is 16.5. The minimum absolute atomic E-state index is 0.0437. The molecule has 0 aliphatic carbocycles. The fraction of sp³-hybridized carbons (Fsp3) is 0.538. The van der Waals surface area contributed by atoms with Crippen LogP contribution in [0.25, 0.3) is 0 Å². The zero-order valence-corrected chi connectivity index (χ0v) is 19.6. The molecule has 5 nitrogen and oxygen atoms in total. The molecular weight excluding hydrogens is 386 g/mol. The Bertz CT molecular complexity index is 837. The van der Waals surface area contributed by atoms with E-state index in [0.29, 0.717) is 5.92 Å². The Morgan fingerprint density at radius 2 is 1.90 bits per heavy atom. The van der Waals surface area contributed by atoms with E-state index in [1.165, 1.54) is 5.56 Å². The highest BCUT2D eigenvalue weighted by molar-refractivity contribution is 5.81. The maximum absolute atomic E-state index is 12.7. The molecule has 0 unspecified atom stereocenters. The monoisotopic (exact) mass is 423 g/mol. The van der Waals surface area contributed by atoms with E-state index < -0.39 is 5.41 Å². The van der Waals surface area contributed by atoms with Gasteiger partial charge in [-0.05, 0) is 75.5 Å². The Labute approximate surface area is 187 Å². The van der Waals surface area contributed by atoms with Gasteiger partial charge in [0.15, 0.2) is 0 Å². The molecule has 1 saturated heterocycles. The predicted molar refractivity (Wildman–Crippen MR) is 125 cm³/mol. The lowest BCUT2D eigenvalue weighted by atomic mass is 9.85. The van der Waals surface area contributed by atoms with E-state index in [0.717, 1.165) is 43.9 Å².